The quantitative estimate of drug-likeness (QED) is 0.633. The molecule has 0 aromatic heterocycles. The van der Waals surface area contributed by atoms with E-state index in [0.717, 1.165) is 5.56 Å². The number of aliphatic hydroxyl groups excluding tert-OH is 1. The highest BCUT2D eigenvalue weighted by molar-refractivity contribution is 6.30. The number of methoxy groups -OCH3 is 1. The Labute approximate surface area is 123 Å². The van der Waals surface area contributed by atoms with Crippen LogP contribution in [0.1, 0.15) is 12.5 Å². The van der Waals surface area contributed by atoms with Gasteiger partial charge in [-0.2, -0.15) is 0 Å². The number of carbonyl (C=O) groups is 2. The molecule has 110 valence electrons. The molecule has 1 amide bonds. The molecule has 0 fully saturated rings. The predicted molar refractivity (Wildman–Crippen MR) is 75.2 cm³/mol. The van der Waals surface area contributed by atoms with Crippen molar-refractivity contribution in [2.75, 3.05) is 13.7 Å². The van der Waals surface area contributed by atoms with Gasteiger partial charge in [0.25, 0.3) is 0 Å². The van der Waals surface area contributed by atoms with Gasteiger partial charge in [-0.3, -0.25) is 4.79 Å². The molecule has 0 spiro atoms. The number of alkyl halides is 1. The van der Waals surface area contributed by atoms with Crippen LogP contribution in [0.2, 0.25) is 0 Å². The average Bonchev–Trinajstić information content (AvgIpc) is 2.46. The topological polar surface area (TPSA) is 66.8 Å². The number of esters is 1. The van der Waals surface area contributed by atoms with Gasteiger partial charge in [-0.25, -0.2) is 4.79 Å². The Morgan fingerprint density at radius 2 is 1.95 bits per heavy atom. The van der Waals surface area contributed by atoms with Gasteiger partial charge >= 0.3 is 5.97 Å². The van der Waals surface area contributed by atoms with E-state index in [0.29, 0.717) is 0 Å². The van der Waals surface area contributed by atoms with Crippen LogP contribution in [0.4, 0.5) is 0 Å². The summed E-state index contributed by atoms with van der Waals surface area (Å²) < 4.78 is 4.62. The van der Waals surface area contributed by atoms with Gasteiger partial charge in [0.1, 0.15) is 5.38 Å². The van der Waals surface area contributed by atoms with Gasteiger partial charge in [0.05, 0.1) is 13.7 Å². The number of ether oxygens (including phenoxy) is 1. The fourth-order valence-electron chi connectivity index (χ4n) is 1.79. The third-order valence-corrected chi connectivity index (χ3v) is 3.03. The van der Waals surface area contributed by atoms with Gasteiger partial charge < -0.3 is 14.7 Å². The lowest BCUT2D eigenvalue weighted by Crippen LogP contribution is -2.49. The van der Waals surface area contributed by atoms with Gasteiger partial charge in [0.15, 0.2) is 6.04 Å². The number of amides is 1. The SMILES string of the molecule is COC(=O)C(CO)N(Cc1ccccc1)C(=O)C(C)Cl. The monoisotopic (exact) mass is 299 g/mol. The summed E-state index contributed by atoms with van der Waals surface area (Å²) in [7, 11) is 1.21. The maximum atomic E-state index is 12.1. The molecule has 20 heavy (non-hydrogen) atoms. The molecule has 0 saturated carbocycles. The zero-order valence-electron chi connectivity index (χ0n) is 11.5. The smallest absolute Gasteiger partial charge is 0.331 e. The van der Waals surface area contributed by atoms with Crippen molar-refractivity contribution in [3.8, 4) is 0 Å². The second-order valence-corrected chi connectivity index (χ2v) is 4.94. The first-order valence-electron chi connectivity index (χ1n) is 6.18. The summed E-state index contributed by atoms with van der Waals surface area (Å²) in [6, 6.07) is 8.09. The fraction of sp³-hybridized carbons (Fsp3) is 0.429. The molecule has 2 unspecified atom stereocenters. The van der Waals surface area contributed by atoms with Gasteiger partial charge in [0.2, 0.25) is 5.91 Å². The number of rotatable bonds is 6. The molecule has 5 nitrogen and oxygen atoms in total. The standard InChI is InChI=1S/C14H18ClNO4/c1-10(15)13(18)16(12(9-17)14(19)20-2)8-11-6-4-3-5-7-11/h3-7,10,12,17H,8-9H2,1-2H3. The zero-order valence-corrected chi connectivity index (χ0v) is 12.2. The summed E-state index contributed by atoms with van der Waals surface area (Å²) in [5.74, 6) is -1.10. The van der Waals surface area contributed by atoms with Crippen molar-refractivity contribution >= 4 is 23.5 Å². The molecule has 0 aliphatic rings. The van der Waals surface area contributed by atoms with Gasteiger partial charge in [-0.05, 0) is 12.5 Å². The van der Waals surface area contributed by atoms with E-state index in [9.17, 15) is 14.7 Å². The number of hydrogen-bond acceptors (Lipinski definition) is 4. The largest absolute Gasteiger partial charge is 0.467 e. The molecular formula is C14H18ClNO4. The number of hydrogen-bond donors (Lipinski definition) is 1. The number of halogens is 1. The van der Waals surface area contributed by atoms with E-state index in [1.54, 1.807) is 0 Å². The Bertz CT molecular complexity index is 450. The summed E-state index contributed by atoms with van der Waals surface area (Å²) in [4.78, 5) is 25.1. The van der Waals surface area contributed by atoms with Crippen LogP contribution in [-0.4, -0.2) is 47.0 Å². The summed E-state index contributed by atoms with van der Waals surface area (Å²) in [6.45, 7) is 1.18. The fourth-order valence-corrected chi connectivity index (χ4v) is 1.91. The second-order valence-electron chi connectivity index (χ2n) is 4.29. The van der Waals surface area contributed by atoms with Gasteiger partial charge in [0, 0.05) is 6.54 Å². The third-order valence-electron chi connectivity index (χ3n) is 2.84. The number of nitrogens with zero attached hydrogens (tertiary/aromatic N) is 1. The van der Waals surface area contributed by atoms with Crippen LogP contribution in [-0.2, 0) is 20.9 Å². The van der Waals surface area contributed by atoms with Gasteiger partial charge in [-0.1, -0.05) is 30.3 Å². The van der Waals surface area contributed by atoms with Crippen molar-refractivity contribution in [3.63, 3.8) is 0 Å². The molecule has 2 atom stereocenters. The number of aliphatic hydroxyl groups is 1. The normalized spacial score (nSPS) is 13.4. The molecule has 1 rings (SSSR count). The first kappa shape index (κ1) is 16.5. The van der Waals surface area contributed by atoms with E-state index >= 15 is 0 Å². The lowest BCUT2D eigenvalue weighted by atomic mass is 10.1. The maximum absolute atomic E-state index is 12.1. The minimum Gasteiger partial charge on any atom is -0.467 e. The van der Waals surface area contributed by atoms with Crippen LogP contribution in [0.5, 0.6) is 0 Å². The molecule has 1 aromatic rings. The van der Waals surface area contributed by atoms with Crippen LogP contribution in [0.15, 0.2) is 30.3 Å². The molecule has 6 heteroatoms. The Kier molecular flexibility index (Phi) is 6.48. The average molecular weight is 300 g/mol. The predicted octanol–water partition coefficient (Wildman–Crippen LogP) is 1.18. The van der Waals surface area contributed by atoms with E-state index in [1.165, 1.54) is 18.9 Å². The molecule has 0 aliphatic carbocycles. The minimum absolute atomic E-state index is 0.178. The summed E-state index contributed by atoms with van der Waals surface area (Å²) in [5.41, 5.74) is 0.834. The Balaban J connectivity index is 3.01. The third kappa shape index (κ3) is 4.21. The van der Waals surface area contributed by atoms with Crippen LogP contribution >= 0.6 is 11.6 Å². The molecular weight excluding hydrogens is 282 g/mol. The highest BCUT2D eigenvalue weighted by Gasteiger charge is 2.32. The van der Waals surface area contributed by atoms with Crippen LogP contribution < -0.4 is 0 Å². The first-order chi connectivity index (χ1) is 9.51. The van der Waals surface area contributed by atoms with E-state index in [1.807, 2.05) is 30.3 Å². The first-order valence-corrected chi connectivity index (χ1v) is 6.62. The minimum atomic E-state index is -1.06. The van der Waals surface area contributed by atoms with E-state index in [-0.39, 0.29) is 6.54 Å². The summed E-state index contributed by atoms with van der Waals surface area (Å²) in [6.07, 6.45) is 0. The summed E-state index contributed by atoms with van der Waals surface area (Å²) >= 11 is 5.81. The number of benzene rings is 1. The molecule has 0 bridgehead atoms. The Hall–Kier alpha value is -1.59. The van der Waals surface area contributed by atoms with Crippen LogP contribution in [0.3, 0.4) is 0 Å². The van der Waals surface area contributed by atoms with Crippen molar-refractivity contribution in [2.24, 2.45) is 0 Å². The molecule has 0 aliphatic heterocycles. The van der Waals surface area contributed by atoms with Crippen molar-refractivity contribution in [3.05, 3.63) is 35.9 Å². The van der Waals surface area contributed by atoms with Crippen molar-refractivity contribution in [1.29, 1.82) is 0 Å². The molecule has 0 radical (unpaired) electrons. The number of carbonyl (C=O) groups excluding carboxylic acids is 2. The lowest BCUT2D eigenvalue weighted by molar-refractivity contribution is -0.155. The Morgan fingerprint density at radius 3 is 2.40 bits per heavy atom. The lowest BCUT2D eigenvalue weighted by Gasteiger charge is -2.29. The summed E-state index contributed by atoms with van der Waals surface area (Å²) in [5, 5.41) is 8.57. The van der Waals surface area contributed by atoms with E-state index < -0.39 is 29.9 Å². The van der Waals surface area contributed by atoms with Gasteiger partial charge in [-0.15, -0.1) is 11.6 Å². The van der Waals surface area contributed by atoms with Crippen LogP contribution in [0.25, 0.3) is 0 Å². The molecule has 0 heterocycles. The molecule has 1 N–H and O–H groups in total. The second kappa shape index (κ2) is 7.87. The molecule has 1 aromatic carbocycles. The highest BCUT2D eigenvalue weighted by Crippen LogP contribution is 2.13. The highest BCUT2D eigenvalue weighted by atomic mass is 35.5. The van der Waals surface area contributed by atoms with E-state index in [2.05, 4.69) is 4.74 Å². The van der Waals surface area contributed by atoms with Crippen molar-refractivity contribution in [1.82, 2.24) is 4.90 Å². The zero-order chi connectivity index (χ0) is 15.1. The molecule has 0 saturated heterocycles. The Morgan fingerprint density at radius 1 is 1.35 bits per heavy atom. The van der Waals surface area contributed by atoms with E-state index in [4.69, 9.17) is 11.6 Å². The maximum Gasteiger partial charge on any atom is 0.331 e. The van der Waals surface area contributed by atoms with Crippen molar-refractivity contribution < 1.29 is 19.4 Å². The van der Waals surface area contributed by atoms with Crippen LogP contribution in [0, 0.1) is 0 Å². The van der Waals surface area contributed by atoms with Crippen molar-refractivity contribution in [2.45, 2.75) is 24.9 Å².